The van der Waals surface area contributed by atoms with Crippen LogP contribution in [0.25, 0.3) is 0 Å². The van der Waals surface area contributed by atoms with Gasteiger partial charge >= 0.3 is 5.97 Å². The van der Waals surface area contributed by atoms with Gasteiger partial charge in [0.2, 0.25) is 0 Å². The van der Waals surface area contributed by atoms with Crippen molar-refractivity contribution in [2.24, 2.45) is 5.73 Å². The summed E-state index contributed by atoms with van der Waals surface area (Å²) >= 11 is 0. The van der Waals surface area contributed by atoms with E-state index in [2.05, 4.69) is 5.32 Å². The Bertz CT molecular complexity index is 129. The lowest BCUT2D eigenvalue weighted by Gasteiger charge is -2.14. The maximum Gasteiger partial charge on any atom is 0.325 e. The Balaban J connectivity index is 2.61. The predicted molar refractivity (Wildman–Crippen MR) is 32.0 cm³/mol. The fourth-order valence-corrected chi connectivity index (χ4v) is 0.894. The van der Waals surface area contributed by atoms with Crippen molar-refractivity contribution in [1.82, 2.24) is 5.32 Å². The molecule has 1 fully saturated rings. The van der Waals surface area contributed by atoms with Crippen LogP contribution in [0.5, 0.6) is 0 Å². The van der Waals surface area contributed by atoms with Crippen LogP contribution in [0.3, 0.4) is 0 Å². The lowest BCUT2D eigenvalue weighted by Crippen LogP contribution is -2.49. The molecule has 52 valence electrons. The molecule has 0 aromatic rings. The first-order chi connectivity index (χ1) is 4.15. The summed E-state index contributed by atoms with van der Waals surface area (Å²) in [5, 5.41) is 11.4. The van der Waals surface area contributed by atoms with Crippen molar-refractivity contribution < 1.29 is 9.90 Å². The van der Waals surface area contributed by atoms with Crippen LogP contribution in [0.4, 0.5) is 0 Å². The highest BCUT2D eigenvalue weighted by molar-refractivity contribution is 5.79. The smallest absolute Gasteiger partial charge is 0.325 e. The molecule has 1 atom stereocenters. The minimum atomic E-state index is -1.00. The summed E-state index contributed by atoms with van der Waals surface area (Å²) in [6, 6.07) is 0. The lowest BCUT2D eigenvalue weighted by atomic mass is 10.0. The van der Waals surface area contributed by atoms with Gasteiger partial charge in [0.25, 0.3) is 0 Å². The number of hydrogen-bond acceptors (Lipinski definition) is 3. The van der Waals surface area contributed by atoms with Crippen molar-refractivity contribution in [2.75, 3.05) is 13.1 Å². The van der Waals surface area contributed by atoms with E-state index in [1.54, 1.807) is 0 Å². The third kappa shape index (κ3) is 1.04. The average molecular weight is 130 g/mol. The van der Waals surface area contributed by atoms with Crippen molar-refractivity contribution in [3.63, 3.8) is 0 Å². The van der Waals surface area contributed by atoms with E-state index in [0.29, 0.717) is 19.5 Å². The van der Waals surface area contributed by atoms with Gasteiger partial charge in [0.05, 0.1) is 0 Å². The summed E-state index contributed by atoms with van der Waals surface area (Å²) in [7, 11) is 0. The summed E-state index contributed by atoms with van der Waals surface area (Å²) in [6.07, 6.45) is 0.530. The van der Waals surface area contributed by atoms with Crippen molar-refractivity contribution in [3.8, 4) is 0 Å². The number of carboxylic acid groups (broad SMARTS) is 1. The van der Waals surface area contributed by atoms with Crippen molar-refractivity contribution in [2.45, 2.75) is 12.0 Å². The molecule has 4 N–H and O–H groups in total. The largest absolute Gasteiger partial charge is 0.480 e. The van der Waals surface area contributed by atoms with Crippen molar-refractivity contribution in [1.29, 1.82) is 0 Å². The molecule has 1 saturated heterocycles. The molecule has 1 aliphatic rings. The Hall–Kier alpha value is -0.610. The molecular formula is C5H10N2O2. The van der Waals surface area contributed by atoms with Gasteiger partial charge in [-0.3, -0.25) is 4.79 Å². The van der Waals surface area contributed by atoms with E-state index in [9.17, 15) is 4.79 Å². The number of rotatable bonds is 1. The molecule has 4 nitrogen and oxygen atoms in total. The molecule has 1 heterocycles. The number of nitrogens with two attached hydrogens (primary N) is 1. The maximum absolute atomic E-state index is 10.4. The Labute approximate surface area is 53.0 Å². The van der Waals surface area contributed by atoms with E-state index in [1.807, 2.05) is 0 Å². The van der Waals surface area contributed by atoms with Crippen molar-refractivity contribution >= 4 is 5.97 Å². The van der Waals surface area contributed by atoms with Crippen LogP contribution in [-0.4, -0.2) is 29.7 Å². The molecule has 0 aromatic carbocycles. The van der Waals surface area contributed by atoms with Crippen LogP contribution >= 0.6 is 0 Å². The molecule has 1 aliphatic heterocycles. The van der Waals surface area contributed by atoms with Gasteiger partial charge in [-0.1, -0.05) is 0 Å². The molecule has 0 aromatic heterocycles. The average Bonchev–Trinajstić information content (AvgIpc) is 2.16. The van der Waals surface area contributed by atoms with Crippen molar-refractivity contribution in [3.05, 3.63) is 0 Å². The van der Waals surface area contributed by atoms with E-state index < -0.39 is 11.5 Å². The van der Waals surface area contributed by atoms with Gasteiger partial charge in [-0.15, -0.1) is 0 Å². The van der Waals surface area contributed by atoms with E-state index >= 15 is 0 Å². The quantitative estimate of drug-likeness (QED) is 0.415. The lowest BCUT2D eigenvalue weighted by molar-refractivity contribution is -0.142. The third-order valence-corrected chi connectivity index (χ3v) is 1.61. The Morgan fingerprint density at radius 3 is 2.67 bits per heavy atom. The minimum Gasteiger partial charge on any atom is -0.480 e. The number of hydrogen-bond donors (Lipinski definition) is 3. The zero-order chi connectivity index (χ0) is 6.91. The highest BCUT2D eigenvalue weighted by Crippen LogP contribution is 2.09. The molecule has 0 saturated carbocycles. The second kappa shape index (κ2) is 1.97. The molecule has 0 aliphatic carbocycles. The third-order valence-electron chi connectivity index (χ3n) is 1.61. The van der Waals surface area contributed by atoms with Crippen LogP contribution in [0.1, 0.15) is 6.42 Å². The molecule has 0 unspecified atom stereocenters. The molecule has 9 heavy (non-hydrogen) atoms. The van der Waals surface area contributed by atoms with Crippen LogP contribution in [0.2, 0.25) is 0 Å². The first-order valence-electron chi connectivity index (χ1n) is 2.88. The van der Waals surface area contributed by atoms with E-state index in [4.69, 9.17) is 10.8 Å². The van der Waals surface area contributed by atoms with Gasteiger partial charge in [-0.25, -0.2) is 0 Å². The highest BCUT2D eigenvalue weighted by atomic mass is 16.4. The maximum atomic E-state index is 10.4. The molecular weight excluding hydrogens is 120 g/mol. The van der Waals surface area contributed by atoms with Gasteiger partial charge in [0.15, 0.2) is 0 Å². The molecule has 0 bridgehead atoms. The molecule has 0 radical (unpaired) electrons. The fraction of sp³-hybridized carbons (Fsp3) is 0.800. The summed E-state index contributed by atoms with van der Waals surface area (Å²) in [4.78, 5) is 10.4. The van der Waals surface area contributed by atoms with Gasteiger partial charge in [-0.2, -0.15) is 0 Å². The van der Waals surface area contributed by atoms with E-state index in [0.717, 1.165) is 0 Å². The zero-order valence-corrected chi connectivity index (χ0v) is 5.05. The number of aliphatic carboxylic acids is 1. The van der Waals surface area contributed by atoms with E-state index in [-0.39, 0.29) is 0 Å². The topological polar surface area (TPSA) is 75.4 Å². The van der Waals surface area contributed by atoms with Gasteiger partial charge < -0.3 is 16.2 Å². The summed E-state index contributed by atoms with van der Waals surface area (Å²) in [6.45, 7) is 1.10. The standard InChI is InChI=1S/C5H10N2O2/c6-5(4(8)9)1-2-7-3-5/h7H,1-3,6H2,(H,8,9)/t5-/m1/s1. The van der Waals surface area contributed by atoms with Crippen LogP contribution in [0.15, 0.2) is 0 Å². The minimum absolute atomic E-state index is 0.391. The first-order valence-corrected chi connectivity index (χ1v) is 2.88. The Morgan fingerprint density at radius 1 is 1.78 bits per heavy atom. The molecule has 0 amide bonds. The monoisotopic (exact) mass is 130 g/mol. The first kappa shape index (κ1) is 6.51. The summed E-state index contributed by atoms with van der Waals surface area (Å²) < 4.78 is 0. The highest BCUT2D eigenvalue weighted by Gasteiger charge is 2.36. The number of carboxylic acids is 1. The zero-order valence-electron chi connectivity index (χ0n) is 5.05. The normalized spacial score (nSPS) is 34.8. The SMILES string of the molecule is N[C@]1(C(=O)O)CCNC1. The van der Waals surface area contributed by atoms with Gasteiger partial charge in [-0.05, 0) is 13.0 Å². The fourth-order valence-electron chi connectivity index (χ4n) is 0.894. The Morgan fingerprint density at radius 2 is 2.44 bits per heavy atom. The molecule has 1 rings (SSSR count). The second-order valence-corrected chi connectivity index (χ2v) is 2.39. The predicted octanol–water partition coefficient (Wildman–Crippen LogP) is -1.24. The van der Waals surface area contributed by atoms with Gasteiger partial charge in [0, 0.05) is 6.54 Å². The van der Waals surface area contributed by atoms with Crippen LogP contribution in [-0.2, 0) is 4.79 Å². The molecule has 0 spiro atoms. The number of nitrogens with one attached hydrogen (secondary N) is 1. The molecule has 4 heteroatoms. The van der Waals surface area contributed by atoms with Gasteiger partial charge in [0.1, 0.15) is 5.54 Å². The van der Waals surface area contributed by atoms with E-state index in [1.165, 1.54) is 0 Å². The van der Waals surface area contributed by atoms with Crippen LogP contribution < -0.4 is 11.1 Å². The van der Waals surface area contributed by atoms with Crippen LogP contribution in [0, 0.1) is 0 Å². The number of carbonyl (C=O) groups is 1. The summed E-state index contributed by atoms with van der Waals surface area (Å²) in [5.41, 5.74) is 4.44. The summed E-state index contributed by atoms with van der Waals surface area (Å²) in [5.74, 6) is -0.910. The second-order valence-electron chi connectivity index (χ2n) is 2.39. The Kier molecular flexibility index (Phi) is 1.42.